The SMILES string of the molecule is CC[C](CCCO)C(C)(O)S(=O)(=O)O. The topological polar surface area (TPSA) is 94.8 Å². The molecule has 1 atom stereocenters. The van der Waals surface area contributed by atoms with Crippen LogP contribution in [0.2, 0.25) is 0 Å². The molecule has 3 N–H and O–H groups in total. The lowest BCUT2D eigenvalue weighted by Crippen LogP contribution is -2.41. The normalized spacial score (nSPS) is 17.0. The van der Waals surface area contributed by atoms with E-state index >= 15 is 0 Å². The van der Waals surface area contributed by atoms with Crippen LogP contribution < -0.4 is 0 Å². The lowest BCUT2D eigenvalue weighted by Gasteiger charge is -2.28. The summed E-state index contributed by atoms with van der Waals surface area (Å²) in [5.41, 5.74) is 0. The molecule has 0 saturated carbocycles. The lowest BCUT2D eigenvalue weighted by atomic mass is 9.95. The molecule has 0 aliphatic carbocycles. The molecule has 85 valence electrons. The molecule has 0 heterocycles. The van der Waals surface area contributed by atoms with Crippen LogP contribution in [0.25, 0.3) is 0 Å². The Bertz CT molecular complexity index is 257. The van der Waals surface area contributed by atoms with Gasteiger partial charge >= 0.3 is 0 Å². The highest BCUT2D eigenvalue weighted by Gasteiger charge is 2.42. The molecule has 0 aromatic carbocycles. The van der Waals surface area contributed by atoms with Crippen molar-refractivity contribution in [2.24, 2.45) is 0 Å². The van der Waals surface area contributed by atoms with Gasteiger partial charge in [-0.25, -0.2) is 0 Å². The minimum Gasteiger partial charge on any atom is -0.396 e. The minimum atomic E-state index is -4.51. The van der Waals surface area contributed by atoms with Crippen molar-refractivity contribution in [3.8, 4) is 0 Å². The first-order chi connectivity index (χ1) is 6.27. The molecule has 0 amide bonds. The summed E-state index contributed by atoms with van der Waals surface area (Å²) in [5.74, 6) is 0.300. The van der Waals surface area contributed by atoms with Crippen molar-refractivity contribution in [3.63, 3.8) is 0 Å². The molecule has 0 rings (SSSR count). The standard InChI is InChI=1S/C8H17O5S/c1-3-7(5-4-6-9)8(2,10)14(11,12)13/h9-10H,3-6H2,1-2H3,(H,11,12,13). The Labute approximate surface area is 84.5 Å². The van der Waals surface area contributed by atoms with E-state index in [0.29, 0.717) is 18.8 Å². The quantitative estimate of drug-likeness (QED) is 0.567. The van der Waals surface area contributed by atoms with Gasteiger partial charge in [-0.05, 0) is 26.2 Å². The molecule has 0 aliphatic rings. The van der Waals surface area contributed by atoms with Gasteiger partial charge in [0.2, 0.25) is 0 Å². The molecule has 0 aliphatic heterocycles. The fourth-order valence-electron chi connectivity index (χ4n) is 1.21. The first kappa shape index (κ1) is 13.8. The summed E-state index contributed by atoms with van der Waals surface area (Å²) in [6, 6.07) is 0. The predicted molar refractivity (Wildman–Crippen MR) is 52.0 cm³/mol. The van der Waals surface area contributed by atoms with E-state index in [4.69, 9.17) is 9.66 Å². The van der Waals surface area contributed by atoms with E-state index in [2.05, 4.69) is 0 Å². The maximum Gasteiger partial charge on any atom is 0.295 e. The Hall–Kier alpha value is -0.170. The van der Waals surface area contributed by atoms with E-state index in [1.165, 1.54) is 0 Å². The summed E-state index contributed by atoms with van der Waals surface area (Å²) in [6.45, 7) is 2.65. The van der Waals surface area contributed by atoms with Crippen molar-refractivity contribution < 1.29 is 23.2 Å². The Morgan fingerprint density at radius 3 is 2.21 bits per heavy atom. The maximum absolute atomic E-state index is 10.8. The number of hydrogen-bond donors (Lipinski definition) is 3. The fraction of sp³-hybridized carbons (Fsp3) is 0.875. The van der Waals surface area contributed by atoms with Gasteiger partial charge in [0.05, 0.1) is 0 Å². The number of hydrogen-bond acceptors (Lipinski definition) is 4. The van der Waals surface area contributed by atoms with Crippen molar-refractivity contribution in [1.82, 2.24) is 0 Å². The van der Waals surface area contributed by atoms with E-state index in [1.807, 2.05) is 0 Å². The zero-order valence-electron chi connectivity index (χ0n) is 8.39. The monoisotopic (exact) mass is 225 g/mol. The third-order valence-electron chi connectivity index (χ3n) is 2.22. The van der Waals surface area contributed by atoms with E-state index in [-0.39, 0.29) is 13.0 Å². The third kappa shape index (κ3) is 3.20. The van der Waals surface area contributed by atoms with Gasteiger partial charge in [0.1, 0.15) is 0 Å². The smallest absolute Gasteiger partial charge is 0.295 e. The number of aliphatic hydroxyl groups is 2. The van der Waals surface area contributed by atoms with Crippen LogP contribution in [0.3, 0.4) is 0 Å². The van der Waals surface area contributed by atoms with Crippen LogP contribution in [0, 0.1) is 5.92 Å². The van der Waals surface area contributed by atoms with Crippen LogP contribution in [0.5, 0.6) is 0 Å². The molecule has 0 aromatic heterocycles. The van der Waals surface area contributed by atoms with Gasteiger partial charge in [0.25, 0.3) is 10.1 Å². The summed E-state index contributed by atoms with van der Waals surface area (Å²) >= 11 is 0. The Balaban J connectivity index is 4.66. The average Bonchev–Trinajstić information content (AvgIpc) is 2.03. The van der Waals surface area contributed by atoms with Gasteiger partial charge in [-0.1, -0.05) is 6.92 Å². The molecule has 0 saturated heterocycles. The van der Waals surface area contributed by atoms with Crippen LogP contribution in [-0.4, -0.2) is 34.7 Å². The Morgan fingerprint density at radius 2 is 1.93 bits per heavy atom. The number of aliphatic hydroxyl groups excluding tert-OH is 1. The van der Waals surface area contributed by atoms with Gasteiger partial charge in [-0.2, -0.15) is 8.42 Å². The molecular formula is C8H17O5S. The van der Waals surface area contributed by atoms with Crippen molar-refractivity contribution in [1.29, 1.82) is 0 Å². The summed E-state index contributed by atoms with van der Waals surface area (Å²) in [4.78, 5) is -2.21. The van der Waals surface area contributed by atoms with Crippen LogP contribution in [0.1, 0.15) is 33.1 Å². The Morgan fingerprint density at radius 1 is 1.43 bits per heavy atom. The number of rotatable bonds is 6. The molecular weight excluding hydrogens is 208 g/mol. The highest BCUT2D eigenvalue weighted by Crippen LogP contribution is 2.31. The average molecular weight is 225 g/mol. The molecule has 6 heteroatoms. The molecule has 14 heavy (non-hydrogen) atoms. The van der Waals surface area contributed by atoms with E-state index in [9.17, 15) is 13.5 Å². The van der Waals surface area contributed by atoms with Crippen LogP contribution in [0.4, 0.5) is 0 Å². The molecule has 0 aromatic rings. The van der Waals surface area contributed by atoms with E-state index in [0.717, 1.165) is 6.92 Å². The second-order valence-corrected chi connectivity index (χ2v) is 4.99. The van der Waals surface area contributed by atoms with Crippen molar-refractivity contribution in [2.75, 3.05) is 6.61 Å². The van der Waals surface area contributed by atoms with Gasteiger partial charge < -0.3 is 10.2 Å². The minimum absolute atomic E-state index is 0.0783. The molecule has 0 spiro atoms. The van der Waals surface area contributed by atoms with Gasteiger partial charge in [0.15, 0.2) is 4.93 Å². The highest BCUT2D eigenvalue weighted by atomic mass is 32.2. The summed E-state index contributed by atoms with van der Waals surface area (Å²) in [5, 5.41) is 18.2. The lowest BCUT2D eigenvalue weighted by molar-refractivity contribution is 0.132. The van der Waals surface area contributed by atoms with Crippen molar-refractivity contribution in [2.45, 2.75) is 38.0 Å². The van der Waals surface area contributed by atoms with Crippen molar-refractivity contribution >= 4 is 10.1 Å². The maximum atomic E-state index is 10.8. The van der Waals surface area contributed by atoms with Gasteiger partial charge in [-0.15, -0.1) is 0 Å². The zero-order chi connectivity index (χ0) is 11.4. The largest absolute Gasteiger partial charge is 0.396 e. The molecule has 5 nitrogen and oxygen atoms in total. The first-order valence-electron chi connectivity index (χ1n) is 4.42. The summed E-state index contributed by atoms with van der Waals surface area (Å²) < 4.78 is 30.5. The van der Waals surface area contributed by atoms with Crippen LogP contribution >= 0.6 is 0 Å². The molecule has 1 radical (unpaired) electrons. The summed E-state index contributed by atoms with van der Waals surface area (Å²) in [6.07, 6.45) is 0.988. The molecule has 0 fully saturated rings. The van der Waals surface area contributed by atoms with Crippen molar-refractivity contribution in [3.05, 3.63) is 5.92 Å². The highest BCUT2D eigenvalue weighted by molar-refractivity contribution is 7.87. The van der Waals surface area contributed by atoms with E-state index < -0.39 is 15.1 Å². The molecule has 0 bridgehead atoms. The second-order valence-electron chi connectivity index (χ2n) is 3.24. The molecule has 1 unspecified atom stereocenters. The zero-order valence-corrected chi connectivity index (χ0v) is 9.21. The fourth-order valence-corrected chi connectivity index (χ4v) is 1.82. The van der Waals surface area contributed by atoms with Crippen LogP contribution in [-0.2, 0) is 10.1 Å². The Kier molecular flexibility index (Phi) is 5.00. The van der Waals surface area contributed by atoms with Gasteiger partial charge in [0, 0.05) is 12.5 Å². The van der Waals surface area contributed by atoms with Gasteiger partial charge in [-0.3, -0.25) is 4.55 Å². The van der Waals surface area contributed by atoms with E-state index in [1.54, 1.807) is 6.92 Å². The third-order valence-corrected chi connectivity index (χ3v) is 3.51. The first-order valence-corrected chi connectivity index (χ1v) is 5.86. The second kappa shape index (κ2) is 5.06. The predicted octanol–water partition coefficient (Wildman–Crippen LogP) is 0.340. The summed E-state index contributed by atoms with van der Waals surface area (Å²) in [7, 11) is -4.51. The van der Waals surface area contributed by atoms with Crippen LogP contribution in [0.15, 0.2) is 0 Å².